The van der Waals surface area contributed by atoms with E-state index >= 15 is 0 Å². The van der Waals surface area contributed by atoms with Crippen molar-refractivity contribution in [2.24, 2.45) is 0 Å². The van der Waals surface area contributed by atoms with Gasteiger partial charge in [0.25, 0.3) is 0 Å². The fraction of sp³-hybridized carbons (Fsp3) is 0.190. The Labute approximate surface area is 147 Å². The molecule has 0 saturated carbocycles. The Morgan fingerprint density at radius 3 is 2.56 bits per heavy atom. The van der Waals surface area contributed by atoms with Crippen molar-refractivity contribution in [3.8, 4) is 22.6 Å². The molecule has 0 amide bonds. The second-order valence-electron chi connectivity index (χ2n) is 6.10. The molecule has 0 fully saturated rings. The lowest BCUT2D eigenvalue weighted by molar-refractivity contribution is 0.174. The summed E-state index contributed by atoms with van der Waals surface area (Å²) >= 11 is 0. The Kier molecular flexibility index (Phi) is 4.36. The van der Waals surface area contributed by atoms with Crippen LogP contribution in [0, 0.1) is 0 Å². The minimum absolute atomic E-state index is 0.255. The van der Waals surface area contributed by atoms with E-state index in [4.69, 9.17) is 9.47 Å². The number of hydrogen-bond donors (Lipinski definition) is 1. The van der Waals surface area contributed by atoms with E-state index in [-0.39, 0.29) is 6.04 Å². The summed E-state index contributed by atoms with van der Waals surface area (Å²) in [4.78, 5) is 4.22. The number of benzene rings is 2. The van der Waals surface area contributed by atoms with Crippen molar-refractivity contribution in [1.29, 1.82) is 0 Å². The maximum absolute atomic E-state index is 5.46. The molecule has 25 heavy (non-hydrogen) atoms. The summed E-state index contributed by atoms with van der Waals surface area (Å²) in [6.07, 6.45) is 4.64. The molecule has 1 aliphatic rings. The zero-order valence-corrected chi connectivity index (χ0v) is 14.1. The van der Waals surface area contributed by atoms with Crippen LogP contribution in [-0.4, -0.2) is 18.8 Å². The van der Waals surface area contributed by atoms with Crippen LogP contribution in [0.2, 0.25) is 0 Å². The highest BCUT2D eigenvalue weighted by Crippen LogP contribution is 2.36. The predicted octanol–water partition coefficient (Wildman–Crippen LogP) is 3.98. The second-order valence-corrected chi connectivity index (χ2v) is 6.10. The molecule has 1 aromatic heterocycles. The number of aromatic nitrogens is 1. The molecule has 2 aromatic carbocycles. The third-order valence-corrected chi connectivity index (χ3v) is 4.53. The molecule has 1 aliphatic heterocycles. The topological polar surface area (TPSA) is 43.4 Å². The first-order chi connectivity index (χ1) is 12.3. The molecule has 4 heteroatoms. The van der Waals surface area contributed by atoms with Crippen LogP contribution in [0.15, 0.2) is 67.0 Å². The zero-order valence-electron chi connectivity index (χ0n) is 14.1. The van der Waals surface area contributed by atoms with Crippen molar-refractivity contribution in [1.82, 2.24) is 10.3 Å². The highest BCUT2D eigenvalue weighted by molar-refractivity contribution is 5.67. The van der Waals surface area contributed by atoms with Gasteiger partial charge in [0.05, 0.1) is 0 Å². The lowest BCUT2D eigenvalue weighted by Crippen LogP contribution is -2.18. The first-order valence-electron chi connectivity index (χ1n) is 8.39. The average molecular weight is 332 g/mol. The van der Waals surface area contributed by atoms with Gasteiger partial charge < -0.3 is 14.8 Å². The molecular weight excluding hydrogens is 312 g/mol. The number of fused-ring (bicyclic) bond motifs is 1. The minimum atomic E-state index is 0.255. The summed E-state index contributed by atoms with van der Waals surface area (Å²) in [7, 11) is 1.98. The summed E-state index contributed by atoms with van der Waals surface area (Å²) < 4.78 is 10.8. The fourth-order valence-electron chi connectivity index (χ4n) is 3.11. The molecule has 126 valence electrons. The number of pyridine rings is 1. The molecular formula is C21H20N2O2. The molecule has 0 saturated heterocycles. The molecule has 1 unspecified atom stereocenters. The summed E-state index contributed by atoms with van der Waals surface area (Å²) in [6, 6.07) is 19.1. The number of nitrogens with one attached hydrogen (secondary N) is 1. The highest BCUT2D eigenvalue weighted by atomic mass is 16.7. The van der Waals surface area contributed by atoms with E-state index in [2.05, 4.69) is 46.7 Å². The molecule has 0 bridgehead atoms. The number of rotatable bonds is 5. The Morgan fingerprint density at radius 2 is 1.80 bits per heavy atom. The standard InChI is InChI=1S/C21H20N2O2/c1-22-19(18-3-2-10-23-13-18)11-15-4-6-16(7-5-15)17-8-9-20-21(12-17)25-14-24-20/h2-10,12-13,19,22H,11,14H2,1H3. The number of hydrogen-bond acceptors (Lipinski definition) is 4. The monoisotopic (exact) mass is 332 g/mol. The van der Waals surface area contributed by atoms with Gasteiger partial charge in [0.15, 0.2) is 11.5 Å². The van der Waals surface area contributed by atoms with Crippen molar-refractivity contribution in [2.75, 3.05) is 13.8 Å². The van der Waals surface area contributed by atoms with Crippen molar-refractivity contribution in [3.05, 3.63) is 78.1 Å². The SMILES string of the molecule is CNC(Cc1ccc(-c2ccc3c(c2)OCO3)cc1)c1cccnc1. The summed E-state index contributed by atoms with van der Waals surface area (Å²) in [5.74, 6) is 1.63. The summed E-state index contributed by atoms with van der Waals surface area (Å²) in [5.41, 5.74) is 4.79. The van der Waals surface area contributed by atoms with E-state index in [1.165, 1.54) is 16.7 Å². The van der Waals surface area contributed by atoms with Crippen LogP contribution in [0.4, 0.5) is 0 Å². The van der Waals surface area contributed by atoms with Crippen LogP contribution in [0.3, 0.4) is 0 Å². The van der Waals surface area contributed by atoms with Crippen molar-refractivity contribution in [3.63, 3.8) is 0 Å². The van der Waals surface area contributed by atoms with Gasteiger partial charge in [-0.2, -0.15) is 0 Å². The highest BCUT2D eigenvalue weighted by Gasteiger charge is 2.14. The average Bonchev–Trinajstić information content (AvgIpc) is 3.15. The van der Waals surface area contributed by atoms with Gasteiger partial charge in [-0.15, -0.1) is 0 Å². The molecule has 1 atom stereocenters. The van der Waals surface area contributed by atoms with Crippen molar-refractivity contribution < 1.29 is 9.47 Å². The Bertz CT molecular complexity index is 848. The quantitative estimate of drug-likeness (QED) is 0.767. The maximum Gasteiger partial charge on any atom is 0.231 e. The summed E-state index contributed by atoms with van der Waals surface area (Å²) in [6.45, 7) is 0.303. The van der Waals surface area contributed by atoms with Gasteiger partial charge in [0.1, 0.15) is 0 Å². The molecule has 0 aliphatic carbocycles. The van der Waals surface area contributed by atoms with Crippen molar-refractivity contribution >= 4 is 0 Å². The van der Waals surface area contributed by atoms with E-state index < -0.39 is 0 Å². The van der Waals surface area contributed by atoms with Crippen LogP contribution in [0.5, 0.6) is 11.5 Å². The van der Waals surface area contributed by atoms with Crippen LogP contribution in [-0.2, 0) is 6.42 Å². The van der Waals surface area contributed by atoms with Gasteiger partial charge in [-0.05, 0) is 53.9 Å². The van der Waals surface area contributed by atoms with Gasteiger partial charge >= 0.3 is 0 Å². The van der Waals surface area contributed by atoms with E-state index in [0.29, 0.717) is 6.79 Å². The lowest BCUT2D eigenvalue weighted by atomic mass is 9.97. The Balaban J connectivity index is 1.52. The Morgan fingerprint density at radius 1 is 1.00 bits per heavy atom. The molecule has 2 heterocycles. The van der Waals surface area contributed by atoms with E-state index in [9.17, 15) is 0 Å². The van der Waals surface area contributed by atoms with Gasteiger partial charge in [0, 0.05) is 18.4 Å². The number of likely N-dealkylation sites (N-methyl/N-ethyl adjacent to an activating group) is 1. The van der Waals surface area contributed by atoms with E-state index in [1.54, 1.807) is 6.20 Å². The first-order valence-corrected chi connectivity index (χ1v) is 8.39. The second kappa shape index (κ2) is 6.95. The summed E-state index contributed by atoms with van der Waals surface area (Å²) in [5, 5.41) is 3.37. The van der Waals surface area contributed by atoms with Crippen LogP contribution >= 0.6 is 0 Å². The third-order valence-electron chi connectivity index (χ3n) is 4.53. The number of ether oxygens (including phenoxy) is 2. The Hall–Kier alpha value is -2.85. The predicted molar refractivity (Wildman–Crippen MR) is 97.7 cm³/mol. The molecule has 0 radical (unpaired) electrons. The number of nitrogens with zero attached hydrogens (tertiary/aromatic N) is 1. The van der Waals surface area contributed by atoms with Gasteiger partial charge in [0.2, 0.25) is 6.79 Å². The third kappa shape index (κ3) is 3.35. The van der Waals surface area contributed by atoms with Crippen LogP contribution < -0.4 is 14.8 Å². The molecule has 1 N–H and O–H groups in total. The van der Waals surface area contributed by atoms with Gasteiger partial charge in [-0.3, -0.25) is 4.98 Å². The zero-order chi connectivity index (χ0) is 17.1. The normalized spacial score (nSPS) is 13.6. The maximum atomic E-state index is 5.46. The van der Waals surface area contributed by atoms with Crippen LogP contribution in [0.25, 0.3) is 11.1 Å². The smallest absolute Gasteiger partial charge is 0.231 e. The lowest BCUT2D eigenvalue weighted by Gasteiger charge is -2.16. The van der Waals surface area contributed by atoms with E-state index in [0.717, 1.165) is 23.5 Å². The van der Waals surface area contributed by atoms with E-state index in [1.807, 2.05) is 31.4 Å². The first kappa shape index (κ1) is 15.7. The van der Waals surface area contributed by atoms with Crippen LogP contribution in [0.1, 0.15) is 17.2 Å². The molecule has 0 spiro atoms. The molecule has 4 rings (SSSR count). The van der Waals surface area contributed by atoms with Gasteiger partial charge in [-0.1, -0.05) is 36.4 Å². The molecule has 4 nitrogen and oxygen atoms in total. The largest absolute Gasteiger partial charge is 0.454 e. The van der Waals surface area contributed by atoms with Gasteiger partial charge in [-0.25, -0.2) is 0 Å². The molecule has 3 aromatic rings. The minimum Gasteiger partial charge on any atom is -0.454 e. The fourth-order valence-corrected chi connectivity index (χ4v) is 3.11. The van der Waals surface area contributed by atoms with Crippen molar-refractivity contribution in [2.45, 2.75) is 12.5 Å².